The number of benzene rings is 1. The third-order valence-corrected chi connectivity index (χ3v) is 3.55. The molecule has 0 saturated heterocycles. The Balaban J connectivity index is 2.44. The van der Waals surface area contributed by atoms with Crippen LogP contribution in [0.15, 0.2) is 23.7 Å². The van der Waals surface area contributed by atoms with Gasteiger partial charge in [-0.05, 0) is 17.7 Å². The number of aromatic nitrogens is 1. The van der Waals surface area contributed by atoms with Crippen LogP contribution in [0.2, 0.25) is 0 Å². The molecule has 3 nitrogen and oxygen atoms in total. The van der Waals surface area contributed by atoms with Gasteiger partial charge in [0.2, 0.25) is 9.05 Å². The van der Waals surface area contributed by atoms with E-state index < -0.39 is 9.05 Å². The lowest BCUT2D eigenvalue weighted by Crippen LogP contribution is -1.94. The second-order valence-corrected chi connectivity index (χ2v) is 6.50. The van der Waals surface area contributed by atoms with E-state index in [0.29, 0.717) is 5.56 Å². The van der Waals surface area contributed by atoms with Crippen LogP contribution in [0.5, 0.6) is 0 Å². The molecule has 2 rings (SSSR count). The monoisotopic (exact) mass is 247 g/mol. The van der Waals surface area contributed by atoms with Crippen LogP contribution in [0.3, 0.4) is 0 Å². The third kappa shape index (κ3) is 2.23. The van der Waals surface area contributed by atoms with Crippen LogP contribution in [-0.4, -0.2) is 13.4 Å². The summed E-state index contributed by atoms with van der Waals surface area (Å²) < 4.78 is 22.7. The van der Waals surface area contributed by atoms with E-state index in [1.807, 2.05) is 6.07 Å². The van der Waals surface area contributed by atoms with Gasteiger partial charge in [-0.25, -0.2) is 13.4 Å². The van der Waals surface area contributed by atoms with Crippen molar-refractivity contribution in [2.45, 2.75) is 5.75 Å². The minimum Gasteiger partial charge on any atom is -0.245 e. The van der Waals surface area contributed by atoms with E-state index in [4.69, 9.17) is 10.7 Å². The van der Waals surface area contributed by atoms with Gasteiger partial charge in [0, 0.05) is 10.7 Å². The molecule has 0 aliphatic rings. The fourth-order valence-corrected chi connectivity index (χ4v) is 2.81. The van der Waals surface area contributed by atoms with E-state index in [9.17, 15) is 8.42 Å². The molecule has 0 bridgehead atoms. The Kier molecular flexibility index (Phi) is 2.47. The zero-order valence-corrected chi connectivity index (χ0v) is 9.36. The van der Waals surface area contributed by atoms with Crippen molar-refractivity contribution in [3.8, 4) is 0 Å². The normalized spacial score (nSPS) is 12.1. The molecule has 1 aromatic heterocycles. The van der Waals surface area contributed by atoms with Crippen molar-refractivity contribution in [1.29, 1.82) is 0 Å². The van der Waals surface area contributed by atoms with Gasteiger partial charge in [-0.15, -0.1) is 11.3 Å². The van der Waals surface area contributed by atoms with Crippen molar-refractivity contribution >= 4 is 41.3 Å². The first-order chi connectivity index (χ1) is 6.54. The molecule has 0 radical (unpaired) electrons. The van der Waals surface area contributed by atoms with Crippen molar-refractivity contribution in [2.75, 3.05) is 0 Å². The first-order valence-electron chi connectivity index (χ1n) is 3.79. The molecule has 14 heavy (non-hydrogen) atoms. The van der Waals surface area contributed by atoms with Crippen molar-refractivity contribution in [2.24, 2.45) is 0 Å². The standard InChI is InChI=1S/C8H6ClNO2S2/c9-14(11,12)4-6-1-2-8-7(3-6)10-5-13-8/h1-3,5H,4H2. The van der Waals surface area contributed by atoms with E-state index in [1.54, 1.807) is 17.6 Å². The van der Waals surface area contributed by atoms with Gasteiger partial charge in [0.15, 0.2) is 0 Å². The number of halogens is 1. The van der Waals surface area contributed by atoms with Gasteiger partial charge in [-0.3, -0.25) is 0 Å². The smallest absolute Gasteiger partial charge is 0.236 e. The second-order valence-electron chi connectivity index (χ2n) is 2.84. The molecule has 0 aliphatic heterocycles. The maximum absolute atomic E-state index is 10.8. The Morgan fingerprint density at radius 2 is 2.21 bits per heavy atom. The minimum absolute atomic E-state index is 0.151. The summed E-state index contributed by atoms with van der Waals surface area (Å²) in [6.07, 6.45) is 0. The summed E-state index contributed by atoms with van der Waals surface area (Å²) in [5.41, 5.74) is 3.20. The topological polar surface area (TPSA) is 47.0 Å². The van der Waals surface area contributed by atoms with Crippen LogP contribution < -0.4 is 0 Å². The molecule has 0 aliphatic carbocycles. The molecule has 2 aromatic rings. The summed E-state index contributed by atoms with van der Waals surface area (Å²) in [4.78, 5) is 4.09. The minimum atomic E-state index is -3.48. The van der Waals surface area contributed by atoms with Gasteiger partial charge < -0.3 is 0 Å². The van der Waals surface area contributed by atoms with Gasteiger partial charge in [0.05, 0.1) is 21.5 Å². The van der Waals surface area contributed by atoms with Gasteiger partial charge in [0.25, 0.3) is 0 Å². The van der Waals surface area contributed by atoms with E-state index in [2.05, 4.69) is 4.98 Å². The maximum Gasteiger partial charge on any atom is 0.236 e. The Hall–Kier alpha value is -0.650. The van der Waals surface area contributed by atoms with Crippen molar-refractivity contribution in [3.63, 3.8) is 0 Å². The van der Waals surface area contributed by atoms with E-state index >= 15 is 0 Å². The highest BCUT2D eigenvalue weighted by molar-refractivity contribution is 8.13. The Bertz CT molecular complexity index is 561. The number of rotatable bonds is 2. The van der Waals surface area contributed by atoms with Crippen LogP contribution in [0, 0.1) is 0 Å². The summed E-state index contributed by atoms with van der Waals surface area (Å²) in [7, 11) is 1.67. The second kappa shape index (κ2) is 3.49. The summed E-state index contributed by atoms with van der Waals surface area (Å²) in [6, 6.07) is 5.34. The fraction of sp³-hybridized carbons (Fsp3) is 0.125. The summed E-state index contributed by atoms with van der Waals surface area (Å²) in [5.74, 6) is -0.151. The number of nitrogens with zero attached hydrogens (tertiary/aromatic N) is 1. The molecule has 1 heterocycles. The number of hydrogen-bond donors (Lipinski definition) is 0. The molecule has 1 aromatic carbocycles. The molecule has 0 spiro atoms. The lowest BCUT2D eigenvalue weighted by Gasteiger charge is -1.96. The molecular weight excluding hydrogens is 242 g/mol. The SMILES string of the molecule is O=S(=O)(Cl)Cc1ccc2scnc2c1. The van der Waals surface area contributed by atoms with E-state index in [0.717, 1.165) is 10.2 Å². The molecule has 0 amide bonds. The van der Waals surface area contributed by atoms with Gasteiger partial charge in [-0.2, -0.15) is 0 Å². The first kappa shape index (κ1) is 9.89. The molecule has 0 N–H and O–H groups in total. The summed E-state index contributed by atoms with van der Waals surface area (Å²) in [5, 5.41) is 0. The molecule has 0 fully saturated rings. The van der Waals surface area contributed by atoms with Gasteiger partial charge in [0.1, 0.15) is 0 Å². The highest BCUT2D eigenvalue weighted by atomic mass is 35.7. The highest BCUT2D eigenvalue weighted by Gasteiger charge is 2.07. The molecule has 0 atom stereocenters. The zero-order valence-electron chi connectivity index (χ0n) is 6.97. The Morgan fingerprint density at radius 1 is 1.43 bits per heavy atom. The number of fused-ring (bicyclic) bond motifs is 1. The van der Waals surface area contributed by atoms with Gasteiger partial charge >= 0.3 is 0 Å². The predicted molar refractivity (Wildman–Crippen MR) is 58.1 cm³/mol. The Morgan fingerprint density at radius 3 is 2.93 bits per heavy atom. The summed E-state index contributed by atoms with van der Waals surface area (Å²) >= 11 is 1.52. The van der Waals surface area contributed by atoms with E-state index in [-0.39, 0.29) is 5.75 Å². The third-order valence-electron chi connectivity index (χ3n) is 1.73. The first-order valence-corrected chi connectivity index (χ1v) is 7.15. The van der Waals surface area contributed by atoms with Crippen molar-refractivity contribution in [3.05, 3.63) is 29.3 Å². The van der Waals surface area contributed by atoms with Crippen molar-refractivity contribution in [1.82, 2.24) is 4.98 Å². The van der Waals surface area contributed by atoms with Crippen LogP contribution >= 0.6 is 22.0 Å². The molecule has 0 saturated carbocycles. The van der Waals surface area contributed by atoms with Crippen LogP contribution in [0.1, 0.15) is 5.56 Å². The number of hydrogen-bond acceptors (Lipinski definition) is 4. The maximum atomic E-state index is 10.8. The van der Waals surface area contributed by atoms with Crippen LogP contribution in [0.25, 0.3) is 10.2 Å². The lowest BCUT2D eigenvalue weighted by atomic mass is 10.2. The molecular formula is C8H6ClNO2S2. The molecule has 74 valence electrons. The predicted octanol–water partition coefficient (Wildman–Crippen LogP) is 2.36. The largest absolute Gasteiger partial charge is 0.245 e. The van der Waals surface area contributed by atoms with Crippen LogP contribution in [0.4, 0.5) is 0 Å². The van der Waals surface area contributed by atoms with E-state index in [1.165, 1.54) is 11.3 Å². The van der Waals surface area contributed by atoms with Gasteiger partial charge in [-0.1, -0.05) is 6.07 Å². The average molecular weight is 248 g/mol. The Labute approximate surface area is 89.8 Å². The fourth-order valence-electron chi connectivity index (χ4n) is 1.19. The quantitative estimate of drug-likeness (QED) is 0.766. The molecule has 0 unspecified atom stereocenters. The number of thiazole rings is 1. The van der Waals surface area contributed by atoms with Crippen molar-refractivity contribution < 1.29 is 8.42 Å². The highest BCUT2D eigenvalue weighted by Crippen LogP contribution is 2.20. The van der Waals surface area contributed by atoms with Crippen LogP contribution in [-0.2, 0) is 14.8 Å². The summed E-state index contributed by atoms with van der Waals surface area (Å²) in [6.45, 7) is 0. The zero-order chi connectivity index (χ0) is 10.2. The average Bonchev–Trinajstić information content (AvgIpc) is 2.47. The lowest BCUT2D eigenvalue weighted by molar-refractivity contribution is 0.609. The molecule has 6 heteroatoms.